The number of aromatic hydroxyl groups is 1. The van der Waals surface area contributed by atoms with Crippen LogP contribution in [-0.2, 0) is 15.2 Å². The standard InChI is InChI=1S/C12H15NO2.2C4H8O2.ClH/c13-8-7-12(15)6-2-3-9-10(12)4-1-5-11(9)14;2*1-3(2)4(5)6;/h1-5,14-15H,6-8,13H2;2*3H,1-2H3,(H,5,6);1H. The molecule has 1 aliphatic rings. The number of phenolic OH excluding ortho intramolecular Hbond substituents is 1. The molecule has 160 valence electrons. The summed E-state index contributed by atoms with van der Waals surface area (Å²) in [5.41, 5.74) is 6.06. The van der Waals surface area contributed by atoms with Crippen LogP contribution in [-0.4, -0.2) is 38.9 Å². The van der Waals surface area contributed by atoms with Crippen LogP contribution in [0, 0.1) is 11.8 Å². The predicted octanol–water partition coefficient (Wildman–Crippen LogP) is 3.22. The van der Waals surface area contributed by atoms with Crippen LogP contribution in [0.15, 0.2) is 24.3 Å². The van der Waals surface area contributed by atoms with Gasteiger partial charge in [0.05, 0.1) is 17.4 Å². The highest BCUT2D eigenvalue weighted by Crippen LogP contribution is 2.39. The molecule has 0 heterocycles. The van der Waals surface area contributed by atoms with Crippen LogP contribution in [0.25, 0.3) is 6.08 Å². The number of aliphatic carboxylic acids is 2. The van der Waals surface area contributed by atoms with E-state index in [-0.39, 0.29) is 30.0 Å². The molecule has 1 aromatic carbocycles. The van der Waals surface area contributed by atoms with Crippen molar-refractivity contribution in [2.24, 2.45) is 17.6 Å². The molecule has 1 unspecified atom stereocenters. The number of phenols is 1. The second kappa shape index (κ2) is 13.1. The molecule has 1 aliphatic carbocycles. The quantitative estimate of drug-likeness (QED) is 0.506. The molecular formula is C20H32ClNO6. The molecule has 0 saturated carbocycles. The largest absolute Gasteiger partial charge is 0.507 e. The van der Waals surface area contributed by atoms with Gasteiger partial charge in [-0.3, -0.25) is 9.59 Å². The van der Waals surface area contributed by atoms with Crippen molar-refractivity contribution in [3.8, 4) is 5.75 Å². The number of aliphatic hydroxyl groups is 1. The van der Waals surface area contributed by atoms with Gasteiger partial charge in [-0.1, -0.05) is 52.0 Å². The fraction of sp³-hybridized carbons (Fsp3) is 0.500. The molecule has 0 aromatic heterocycles. The van der Waals surface area contributed by atoms with Crippen molar-refractivity contribution in [3.05, 3.63) is 35.4 Å². The minimum absolute atomic E-state index is 0. The second-order valence-corrected chi connectivity index (χ2v) is 6.90. The van der Waals surface area contributed by atoms with Crippen molar-refractivity contribution in [3.63, 3.8) is 0 Å². The Bertz CT molecular complexity index is 642. The van der Waals surface area contributed by atoms with Crippen molar-refractivity contribution in [2.45, 2.75) is 46.1 Å². The van der Waals surface area contributed by atoms with Gasteiger partial charge in [0.15, 0.2) is 0 Å². The minimum Gasteiger partial charge on any atom is -0.507 e. The average molecular weight is 418 g/mol. The van der Waals surface area contributed by atoms with Gasteiger partial charge in [0, 0.05) is 5.56 Å². The van der Waals surface area contributed by atoms with Crippen molar-refractivity contribution < 1.29 is 30.0 Å². The molecule has 6 N–H and O–H groups in total. The molecule has 0 radical (unpaired) electrons. The Hall–Kier alpha value is -2.09. The fourth-order valence-corrected chi connectivity index (χ4v) is 2.09. The van der Waals surface area contributed by atoms with Gasteiger partial charge in [0.25, 0.3) is 0 Å². The third kappa shape index (κ3) is 9.21. The second-order valence-electron chi connectivity index (χ2n) is 6.90. The summed E-state index contributed by atoms with van der Waals surface area (Å²) in [6.45, 7) is 6.99. The number of carbonyl (C=O) groups is 2. The van der Waals surface area contributed by atoms with Gasteiger partial charge in [-0.25, -0.2) is 0 Å². The Morgan fingerprint density at radius 1 is 1.11 bits per heavy atom. The normalized spacial score (nSPS) is 16.7. The van der Waals surface area contributed by atoms with E-state index >= 15 is 0 Å². The first-order valence-corrected chi connectivity index (χ1v) is 8.83. The van der Waals surface area contributed by atoms with Crippen LogP contribution in [0.4, 0.5) is 0 Å². The van der Waals surface area contributed by atoms with Gasteiger partial charge in [-0.05, 0) is 31.0 Å². The molecule has 7 nitrogen and oxygen atoms in total. The number of benzene rings is 1. The molecule has 0 aliphatic heterocycles. The molecule has 28 heavy (non-hydrogen) atoms. The van der Waals surface area contributed by atoms with Gasteiger partial charge in [0.2, 0.25) is 0 Å². The van der Waals surface area contributed by atoms with Gasteiger partial charge >= 0.3 is 11.9 Å². The Balaban J connectivity index is 0. The highest BCUT2D eigenvalue weighted by molar-refractivity contribution is 5.85. The SMILES string of the molecule is CC(C)C(=O)O.CC(C)C(=O)O.Cl.NCCC1(O)CC=Cc2c(O)cccc21. The fourth-order valence-electron chi connectivity index (χ4n) is 2.09. The summed E-state index contributed by atoms with van der Waals surface area (Å²) in [5, 5.41) is 36.1. The van der Waals surface area contributed by atoms with Gasteiger partial charge < -0.3 is 26.2 Å². The number of nitrogens with two attached hydrogens (primary N) is 1. The Kier molecular flexibility index (Phi) is 13.2. The van der Waals surface area contributed by atoms with Crippen LogP contribution in [0.1, 0.15) is 51.7 Å². The van der Waals surface area contributed by atoms with Crippen molar-refractivity contribution in [1.82, 2.24) is 0 Å². The summed E-state index contributed by atoms with van der Waals surface area (Å²) >= 11 is 0. The molecule has 0 fully saturated rings. The Labute approximate surface area is 172 Å². The van der Waals surface area contributed by atoms with E-state index in [9.17, 15) is 19.8 Å². The lowest BCUT2D eigenvalue weighted by molar-refractivity contribution is -0.141. The highest BCUT2D eigenvalue weighted by atomic mass is 35.5. The first-order valence-electron chi connectivity index (χ1n) is 8.83. The maximum Gasteiger partial charge on any atom is 0.305 e. The van der Waals surface area contributed by atoms with Gasteiger partial charge in [-0.15, -0.1) is 12.4 Å². The van der Waals surface area contributed by atoms with Crippen molar-refractivity contribution in [1.29, 1.82) is 0 Å². The monoisotopic (exact) mass is 417 g/mol. The maximum absolute atomic E-state index is 10.4. The number of carboxylic acids is 2. The van der Waals surface area contributed by atoms with E-state index < -0.39 is 17.5 Å². The average Bonchev–Trinajstić information content (AvgIpc) is 2.57. The predicted molar refractivity (Wildman–Crippen MR) is 112 cm³/mol. The lowest BCUT2D eigenvalue weighted by Gasteiger charge is -2.31. The van der Waals surface area contributed by atoms with E-state index in [0.717, 1.165) is 5.56 Å². The first-order chi connectivity index (χ1) is 12.5. The summed E-state index contributed by atoms with van der Waals surface area (Å²) in [5.74, 6) is -1.74. The zero-order chi connectivity index (χ0) is 21.2. The van der Waals surface area contributed by atoms with Crippen LogP contribution in [0.2, 0.25) is 0 Å². The molecule has 0 amide bonds. The lowest BCUT2D eigenvalue weighted by Crippen LogP contribution is -2.30. The molecule has 2 rings (SSSR count). The summed E-state index contributed by atoms with van der Waals surface area (Å²) in [7, 11) is 0. The zero-order valence-electron chi connectivity index (χ0n) is 16.8. The first kappa shape index (κ1) is 28.1. The molecule has 8 heteroatoms. The topological polar surface area (TPSA) is 141 Å². The Morgan fingerprint density at radius 2 is 1.57 bits per heavy atom. The summed E-state index contributed by atoms with van der Waals surface area (Å²) < 4.78 is 0. The molecule has 1 aromatic rings. The number of fused-ring (bicyclic) bond motifs is 1. The summed E-state index contributed by atoms with van der Waals surface area (Å²) in [6, 6.07) is 5.21. The van der Waals surface area contributed by atoms with Crippen LogP contribution in [0.3, 0.4) is 0 Å². The number of halogens is 1. The molecule has 0 spiro atoms. The summed E-state index contributed by atoms with van der Waals surface area (Å²) in [4.78, 5) is 19.4. The van der Waals surface area contributed by atoms with Crippen molar-refractivity contribution in [2.75, 3.05) is 6.54 Å². The third-order valence-electron chi connectivity index (χ3n) is 3.87. The number of hydrogen-bond donors (Lipinski definition) is 5. The number of hydrogen-bond acceptors (Lipinski definition) is 5. The molecular weight excluding hydrogens is 386 g/mol. The minimum atomic E-state index is -0.919. The van der Waals surface area contributed by atoms with E-state index in [2.05, 4.69) is 0 Å². The molecule has 0 saturated heterocycles. The van der Waals surface area contributed by atoms with Gasteiger partial charge in [-0.2, -0.15) is 0 Å². The zero-order valence-corrected chi connectivity index (χ0v) is 17.6. The molecule has 1 atom stereocenters. The van der Waals surface area contributed by atoms with E-state index in [1.807, 2.05) is 18.2 Å². The number of rotatable bonds is 4. The van der Waals surface area contributed by atoms with Gasteiger partial charge in [0.1, 0.15) is 5.75 Å². The van der Waals surface area contributed by atoms with E-state index in [1.165, 1.54) is 0 Å². The van der Waals surface area contributed by atoms with E-state index in [0.29, 0.717) is 24.9 Å². The van der Waals surface area contributed by atoms with Crippen LogP contribution in [0.5, 0.6) is 5.75 Å². The van der Waals surface area contributed by atoms with Crippen molar-refractivity contribution >= 4 is 30.4 Å². The molecule has 0 bridgehead atoms. The summed E-state index contributed by atoms with van der Waals surface area (Å²) in [6.07, 6.45) is 4.78. The van der Waals surface area contributed by atoms with E-state index in [4.69, 9.17) is 15.9 Å². The Morgan fingerprint density at radius 3 is 1.96 bits per heavy atom. The smallest absolute Gasteiger partial charge is 0.305 e. The maximum atomic E-state index is 10.4. The lowest BCUT2D eigenvalue weighted by atomic mass is 9.80. The highest BCUT2D eigenvalue weighted by Gasteiger charge is 2.32. The number of carboxylic acid groups (broad SMARTS) is 2. The van der Waals surface area contributed by atoms with Crippen LogP contribution < -0.4 is 5.73 Å². The van der Waals surface area contributed by atoms with Crippen LogP contribution >= 0.6 is 12.4 Å². The third-order valence-corrected chi connectivity index (χ3v) is 3.87. The van der Waals surface area contributed by atoms with E-state index in [1.54, 1.807) is 39.8 Å².